The molecular weight excluding hydrogens is 341 g/mol. The van der Waals surface area contributed by atoms with Crippen LogP contribution in [0.5, 0.6) is 0 Å². The molecule has 0 unspecified atom stereocenters. The van der Waals surface area contributed by atoms with Crippen molar-refractivity contribution in [1.29, 1.82) is 0 Å². The molecule has 0 aliphatic carbocycles. The molecule has 7 heteroatoms. The normalized spacial score (nSPS) is 12.1. The maximum atomic E-state index is 13.0. The molecule has 0 aliphatic rings. The van der Waals surface area contributed by atoms with Crippen molar-refractivity contribution in [2.75, 3.05) is 7.05 Å². The molecule has 2 aromatic heterocycles. The van der Waals surface area contributed by atoms with E-state index in [2.05, 4.69) is 10.1 Å². The van der Waals surface area contributed by atoms with Gasteiger partial charge in [-0.2, -0.15) is 4.98 Å². The monoisotopic (exact) mass is 359 g/mol. The van der Waals surface area contributed by atoms with Crippen LogP contribution in [0.4, 0.5) is 4.39 Å². The van der Waals surface area contributed by atoms with E-state index in [0.717, 1.165) is 4.88 Å². The molecule has 1 amide bonds. The van der Waals surface area contributed by atoms with Gasteiger partial charge in [0.2, 0.25) is 17.6 Å². The van der Waals surface area contributed by atoms with E-state index in [9.17, 15) is 9.18 Å². The first-order valence-corrected chi connectivity index (χ1v) is 8.80. The Hall–Kier alpha value is -2.54. The van der Waals surface area contributed by atoms with Crippen molar-refractivity contribution < 1.29 is 13.7 Å². The molecule has 130 valence electrons. The largest absolute Gasteiger partial charge is 0.339 e. The summed E-state index contributed by atoms with van der Waals surface area (Å²) in [4.78, 5) is 19.5. The Morgan fingerprint density at radius 3 is 2.76 bits per heavy atom. The van der Waals surface area contributed by atoms with Crippen LogP contribution in [0.3, 0.4) is 0 Å². The Kier molecular flexibility index (Phi) is 5.23. The molecule has 0 spiro atoms. The summed E-state index contributed by atoms with van der Waals surface area (Å²) in [5, 5.41) is 5.88. The maximum Gasteiger partial charge on any atom is 0.227 e. The molecule has 0 saturated carbocycles. The summed E-state index contributed by atoms with van der Waals surface area (Å²) in [7, 11) is 1.80. The van der Waals surface area contributed by atoms with Crippen LogP contribution in [-0.4, -0.2) is 28.0 Å². The molecule has 1 atom stereocenters. The van der Waals surface area contributed by atoms with E-state index in [4.69, 9.17) is 4.52 Å². The summed E-state index contributed by atoms with van der Waals surface area (Å²) < 4.78 is 18.1. The highest BCUT2D eigenvalue weighted by atomic mass is 32.1. The minimum atomic E-state index is -0.319. The third-order valence-corrected chi connectivity index (χ3v) is 5.10. The number of halogens is 1. The van der Waals surface area contributed by atoms with Gasteiger partial charge in [0.15, 0.2) is 0 Å². The number of thiophene rings is 1. The second kappa shape index (κ2) is 7.57. The quantitative estimate of drug-likeness (QED) is 0.665. The molecule has 25 heavy (non-hydrogen) atoms. The van der Waals surface area contributed by atoms with E-state index in [0.29, 0.717) is 23.7 Å². The fraction of sp³-hybridized carbons (Fsp3) is 0.278. The fourth-order valence-corrected chi connectivity index (χ4v) is 3.23. The van der Waals surface area contributed by atoms with Crippen molar-refractivity contribution in [1.82, 2.24) is 15.0 Å². The highest BCUT2D eigenvalue weighted by Crippen LogP contribution is 2.24. The van der Waals surface area contributed by atoms with Gasteiger partial charge in [-0.1, -0.05) is 11.2 Å². The Balaban J connectivity index is 1.58. The molecule has 1 aromatic carbocycles. The molecule has 0 fully saturated rings. The summed E-state index contributed by atoms with van der Waals surface area (Å²) in [6.45, 7) is 2.00. The average Bonchev–Trinajstić information content (AvgIpc) is 3.31. The number of hydrogen-bond donors (Lipinski definition) is 0. The van der Waals surface area contributed by atoms with Gasteiger partial charge in [0.05, 0.1) is 6.04 Å². The lowest BCUT2D eigenvalue weighted by molar-refractivity contribution is -0.131. The second-order valence-corrected chi connectivity index (χ2v) is 6.69. The molecular formula is C18H18FN3O2S. The number of carbonyl (C=O) groups is 1. The van der Waals surface area contributed by atoms with E-state index in [1.165, 1.54) is 12.1 Å². The number of carbonyl (C=O) groups excluding carboxylic acids is 1. The molecule has 0 bridgehead atoms. The third kappa shape index (κ3) is 4.11. The molecule has 2 heterocycles. The number of benzene rings is 1. The zero-order chi connectivity index (χ0) is 17.8. The van der Waals surface area contributed by atoms with Gasteiger partial charge in [-0.3, -0.25) is 4.79 Å². The summed E-state index contributed by atoms with van der Waals surface area (Å²) in [5.41, 5.74) is 0.672. The molecule has 0 aliphatic heterocycles. The van der Waals surface area contributed by atoms with Gasteiger partial charge in [-0.15, -0.1) is 11.3 Å². The van der Waals surface area contributed by atoms with E-state index in [-0.39, 0.29) is 24.2 Å². The minimum Gasteiger partial charge on any atom is -0.339 e. The first-order chi connectivity index (χ1) is 12.0. The average molecular weight is 359 g/mol. The smallest absolute Gasteiger partial charge is 0.227 e. The van der Waals surface area contributed by atoms with Gasteiger partial charge in [0.25, 0.3) is 0 Å². The van der Waals surface area contributed by atoms with Gasteiger partial charge in [-0.05, 0) is 42.6 Å². The maximum absolute atomic E-state index is 13.0. The van der Waals surface area contributed by atoms with Gasteiger partial charge in [0.1, 0.15) is 5.82 Å². The van der Waals surface area contributed by atoms with Crippen LogP contribution in [0, 0.1) is 5.82 Å². The van der Waals surface area contributed by atoms with Crippen molar-refractivity contribution in [2.24, 2.45) is 0 Å². The first kappa shape index (κ1) is 17.3. The SMILES string of the molecule is C[C@@H](c1cccs1)N(C)C(=O)CCc1nc(-c2ccc(F)cc2)no1. The highest BCUT2D eigenvalue weighted by Gasteiger charge is 2.19. The number of rotatable bonds is 6. The predicted octanol–water partition coefficient (Wildman–Crippen LogP) is 4.09. The lowest BCUT2D eigenvalue weighted by Gasteiger charge is -2.23. The number of aryl methyl sites for hydroxylation is 1. The Labute approximate surface area is 149 Å². The van der Waals surface area contributed by atoms with Crippen molar-refractivity contribution in [3.8, 4) is 11.4 Å². The molecule has 0 N–H and O–H groups in total. The molecule has 3 rings (SSSR count). The molecule has 3 aromatic rings. The standard InChI is InChI=1S/C18H18FN3O2S/c1-12(15-4-3-11-25-15)22(2)17(23)10-9-16-20-18(21-24-16)13-5-7-14(19)8-6-13/h3-8,11-12H,9-10H2,1-2H3/t12-/m0/s1. The van der Waals surface area contributed by atoms with E-state index in [1.54, 1.807) is 35.4 Å². The van der Waals surface area contributed by atoms with Gasteiger partial charge in [0, 0.05) is 30.3 Å². The van der Waals surface area contributed by atoms with Gasteiger partial charge in [-0.25, -0.2) is 4.39 Å². The van der Waals surface area contributed by atoms with E-state index >= 15 is 0 Å². The number of amides is 1. The predicted molar refractivity (Wildman–Crippen MR) is 93.5 cm³/mol. The molecule has 0 radical (unpaired) electrons. The van der Waals surface area contributed by atoms with Crippen LogP contribution in [0.1, 0.15) is 30.2 Å². The van der Waals surface area contributed by atoms with Crippen LogP contribution in [0.15, 0.2) is 46.3 Å². The number of hydrogen-bond acceptors (Lipinski definition) is 5. The zero-order valence-corrected chi connectivity index (χ0v) is 14.8. The second-order valence-electron chi connectivity index (χ2n) is 5.71. The van der Waals surface area contributed by atoms with Gasteiger partial charge < -0.3 is 9.42 Å². The number of aromatic nitrogens is 2. The van der Waals surface area contributed by atoms with Crippen molar-refractivity contribution >= 4 is 17.2 Å². The third-order valence-electron chi connectivity index (χ3n) is 4.05. The number of nitrogens with zero attached hydrogens (tertiary/aromatic N) is 3. The topological polar surface area (TPSA) is 59.2 Å². The van der Waals surface area contributed by atoms with Crippen molar-refractivity contribution in [3.05, 3.63) is 58.4 Å². The van der Waals surface area contributed by atoms with Gasteiger partial charge >= 0.3 is 0 Å². The van der Waals surface area contributed by atoms with Crippen LogP contribution in [0.25, 0.3) is 11.4 Å². The Morgan fingerprint density at radius 1 is 1.32 bits per heavy atom. The summed E-state index contributed by atoms with van der Waals surface area (Å²) in [5.74, 6) is 0.482. The van der Waals surface area contributed by atoms with Crippen molar-refractivity contribution in [3.63, 3.8) is 0 Å². The molecule has 0 saturated heterocycles. The summed E-state index contributed by atoms with van der Waals surface area (Å²) in [6.07, 6.45) is 0.659. The lowest BCUT2D eigenvalue weighted by Crippen LogP contribution is -2.29. The Bertz CT molecular complexity index is 830. The van der Waals surface area contributed by atoms with Crippen molar-refractivity contribution in [2.45, 2.75) is 25.8 Å². The van der Waals surface area contributed by atoms with Crippen LogP contribution >= 0.6 is 11.3 Å². The summed E-state index contributed by atoms with van der Waals surface area (Å²) in [6, 6.07) is 9.89. The Morgan fingerprint density at radius 2 is 2.08 bits per heavy atom. The summed E-state index contributed by atoms with van der Waals surface area (Å²) >= 11 is 1.63. The van der Waals surface area contributed by atoms with Crippen LogP contribution < -0.4 is 0 Å². The first-order valence-electron chi connectivity index (χ1n) is 7.92. The minimum absolute atomic E-state index is 0.0161. The van der Waals surface area contributed by atoms with Crippen LogP contribution in [-0.2, 0) is 11.2 Å². The fourth-order valence-electron chi connectivity index (χ4n) is 2.40. The lowest BCUT2D eigenvalue weighted by atomic mass is 10.2. The highest BCUT2D eigenvalue weighted by molar-refractivity contribution is 7.10. The zero-order valence-electron chi connectivity index (χ0n) is 14.0. The van der Waals surface area contributed by atoms with E-state index in [1.807, 2.05) is 24.4 Å². The molecule has 5 nitrogen and oxygen atoms in total. The van der Waals surface area contributed by atoms with E-state index < -0.39 is 0 Å². The van der Waals surface area contributed by atoms with Crippen LogP contribution in [0.2, 0.25) is 0 Å².